The molecule has 1 saturated carbocycles. The molecule has 0 saturated heterocycles. The van der Waals surface area contributed by atoms with Crippen LogP contribution in [-0.4, -0.2) is 11.0 Å². The molecule has 1 unspecified atom stereocenters. The van der Waals surface area contributed by atoms with E-state index in [1.165, 1.54) is 6.42 Å². The summed E-state index contributed by atoms with van der Waals surface area (Å²) >= 11 is 3.37. The molecule has 0 amide bonds. The number of rotatable bonds is 3. The lowest BCUT2D eigenvalue weighted by Crippen LogP contribution is -2.20. The second-order valence-electron chi connectivity index (χ2n) is 4.59. The maximum atomic E-state index is 4.32. The van der Waals surface area contributed by atoms with Gasteiger partial charge in [0.05, 0.1) is 5.69 Å². The Kier molecular flexibility index (Phi) is 2.62. The maximum Gasteiger partial charge on any atom is 0.0542 e. The first-order valence-corrected chi connectivity index (χ1v) is 5.71. The van der Waals surface area contributed by atoms with Crippen LogP contribution in [0.4, 0.5) is 0 Å². The highest BCUT2D eigenvalue weighted by Gasteiger charge is 2.44. The quantitative estimate of drug-likeness (QED) is 0.898. The molecule has 1 heterocycles. The van der Waals surface area contributed by atoms with E-state index in [-0.39, 0.29) is 0 Å². The van der Waals surface area contributed by atoms with E-state index < -0.39 is 0 Å². The van der Waals surface area contributed by atoms with Gasteiger partial charge in [0.2, 0.25) is 0 Å². The topological polar surface area (TPSA) is 24.9 Å². The van der Waals surface area contributed by atoms with Crippen molar-refractivity contribution in [3.8, 4) is 0 Å². The monoisotopic (exact) mass is 254 g/mol. The number of hydrogen-bond acceptors (Lipinski definition) is 2. The van der Waals surface area contributed by atoms with Gasteiger partial charge in [0.25, 0.3) is 0 Å². The summed E-state index contributed by atoms with van der Waals surface area (Å²) in [4.78, 5) is 4.32. The summed E-state index contributed by atoms with van der Waals surface area (Å²) in [6.07, 6.45) is 3.12. The molecule has 1 aliphatic carbocycles. The van der Waals surface area contributed by atoms with E-state index in [2.05, 4.69) is 40.1 Å². The number of aromatic nitrogens is 1. The van der Waals surface area contributed by atoms with Gasteiger partial charge in [0, 0.05) is 23.3 Å². The SMILES string of the molecule is CC1(C)CC1NCc1ccc(Br)cn1. The summed E-state index contributed by atoms with van der Waals surface area (Å²) < 4.78 is 1.04. The van der Waals surface area contributed by atoms with Crippen molar-refractivity contribution in [3.63, 3.8) is 0 Å². The number of halogens is 1. The Hall–Kier alpha value is -0.410. The highest BCUT2D eigenvalue weighted by molar-refractivity contribution is 9.10. The highest BCUT2D eigenvalue weighted by Crippen LogP contribution is 2.44. The molecule has 0 aromatic carbocycles. The first-order valence-electron chi connectivity index (χ1n) is 4.92. The molecule has 2 rings (SSSR count). The predicted molar refractivity (Wildman–Crippen MR) is 61.0 cm³/mol. The van der Waals surface area contributed by atoms with E-state index in [4.69, 9.17) is 0 Å². The van der Waals surface area contributed by atoms with Crippen molar-refractivity contribution < 1.29 is 0 Å². The fourth-order valence-corrected chi connectivity index (χ4v) is 1.79. The van der Waals surface area contributed by atoms with Gasteiger partial charge in [0.15, 0.2) is 0 Å². The summed E-state index contributed by atoms with van der Waals surface area (Å²) in [7, 11) is 0. The largest absolute Gasteiger partial charge is 0.308 e. The molecule has 1 fully saturated rings. The van der Waals surface area contributed by atoms with Crippen molar-refractivity contribution in [2.45, 2.75) is 32.9 Å². The number of nitrogens with zero attached hydrogens (tertiary/aromatic N) is 1. The molecule has 0 aliphatic heterocycles. The zero-order valence-corrected chi connectivity index (χ0v) is 10.1. The summed E-state index contributed by atoms with van der Waals surface area (Å²) in [5, 5.41) is 3.50. The Bertz CT molecular complexity index is 319. The van der Waals surface area contributed by atoms with Crippen molar-refractivity contribution in [2.24, 2.45) is 5.41 Å². The van der Waals surface area contributed by atoms with Crippen LogP contribution in [0.1, 0.15) is 26.0 Å². The van der Waals surface area contributed by atoms with Gasteiger partial charge in [-0.1, -0.05) is 13.8 Å². The minimum atomic E-state index is 0.495. The number of pyridine rings is 1. The van der Waals surface area contributed by atoms with Crippen molar-refractivity contribution in [3.05, 3.63) is 28.5 Å². The van der Waals surface area contributed by atoms with Gasteiger partial charge in [-0.15, -0.1) is 0 Å². The van der Waals surface area contributed by atoms with Crippen molar-refractivity contribution in [1.82, 2.24) is 10.3 Å². The summed E-state index contributed by atoms with van der Waals surface area (Å²) in [5.74, 6) is 0. The Morgan fingerprint density at radius 2 is 2.29 bits per heavy atom. The van der Waals surface area contributed by atoms with E-state index in [1.54, 1.807) is 0 Å². The van der Waals surface area contributed by atoms with Crippen LogP contribution >= 0.6 is 15.9 Å². The summed E-state index contributed by atoms with van der Waals surface area (Å²) in [6.45, 7) is 5.46. The van der Waals surface area contributed by atoms with Gasteiger partial charge >= 0.3 is 0 Å². The van der Waals surface area contributed by atoms with Crippen LogP contribution in [0.3, 0.4) is 0 Å². The Morgan fingerprint density at radius 3 is 2.79 bits per heavy atom. The Morgan fingerprint density at radius 1 is 1.57 bits per heavy atom. The highest BCUT2D eigenvalue weighted by atomic mass is 79.9. The lowest BCUT2D eigenvalue weighted by Gasteiger charge is -2.05. The fraction of sp³-hybridized carbons (Fsp3) is 0.545. The van der Waals surface area contributed by atoms with Crippen molar-refractivity contribution in [1.29, 1.82) is 0 Å². The van der Waals surface area contributed by atoms with Gasteiger partial charge in [-0.2, -0.15) is 0 Å². The third kappa shape index (κ3) is 2.34. The normalized spacial score (nSPS) is 23.5. The molecular weight excluding hydrogens is 240 g/mol. The molecular formula is C11H15BrN2. The molecule has 3 heteroatoms. The average Bonchev–Trinajstić information content (AvgIpc) is 2.73. The van der Waals surface area contributed by atoms with Crippen LogP contribution in [0.25, 0.3) is 0 Å². The van der Waals surface area contributed by atoms with Crippen LogP contribution in [-0.2, 0) is 6.54 Å². The molecule has 0 radical (unpaired) electrons. The van der Waals surface area contributed by atoms with Crippen LogP contribution < -0.4 is 5.32 Å². The molecule has 1 atom stereocenters. The maximum absolute atomic E-state index is 4.32. The third-order valence-corrected chi connectivity index (χ3v) is 3.30. The van der Waals surface area contributed by atoms with Gasteiger partial charge in [0.1, 0.15) is 0 Å². The van der Waals surface area contributed by atoms with Gasteiger partial charge in [-0.25, -0.2) is 0 Å². The average molecular weight is 255 g/mol. The lowest BCUT2D eigenvalue weighted by molar-refractivity contribution is 0.538. The van der Waals surface area contributed by atoms with E-state index in [0.29, 0.717) is 11.5 Å². The lowest BCUT2D eigenvalue weighted by atomic mass is 10.2. The molecule has 14 heavy (non-hydrogen) atoms. The zero-order valence-electron chi connectivity index (χ0n) is 8.55. The fourth-order valence-electron chi connectivity index (χ4n) is 1.55. The predicted octanol–water partition coefficient (Wildman–Crippen LogP) is 2.73. The van der Waals surface area contributed by atoms with E-state index >= 15 is 0 Å². The Labute approximate surface area is 93.3 Å². The number of hydrogen-bond donors (Lipinski definition) is 1. The minimum absolute atomic E-state index is 0.495. The first kappa shape index (κ1) is 10.1. The molecule has 76 valence electrons. The van der Waals surface area contributed by atoms with Gasteiger partial charge < -0.3 is 5.32 Å². The minimum Gasteiger partial charge on any atom is -0.308 e. The second-order valence-corrected chi connectivity index (χ2v) is 5.51. The number of nitrogens with one attached hydrogen (secondary N) is 1. The third-order valence-electron chi connectivity index (χ3n) is 2.83. The molecule has 1 N–H and O–H groups in total. The molecule has 1 aromatic rings. The molecule has 0 bridgehead atoms. The smallest absolute Gasteiger partial charge is 0.0542 e. The van der Waals surface area contributed by atoms with Gasteiger partial charge in [-0.05, 0) is 39.9 Å². The molecule has 1 aromatic heterocycles. The van der Waals surface area contributed by atoms with E-state index in [1.807, 2.05) is 18.3 Å². The molecule has 2 nitrogen and oxygen atoms in total. The van der Waals surface area contributed by atoms with E-state index in [0.717, 1.165) is 16.7 Å². The van der Waals surface area contributed by atoms with Gasteiger partial charge in [-0.3, -0.25) is 4.98 Å². The van der Waals surface area contributed by atoms with Crippen molar-refractivity contribution in [2.75, 3.05) is 0 Å². The summed E-state index contributed by atoms with van der Waals surface area (Å²) in [6, 6.07) is 4.75. The van der Waals surface area contributed by atoms with Crippen LogP contribution in [0.15, 0.2) is 22.8 Å². The van der Waals surface area contributed by atoms with Crippen LogP contribution in [0, 0.1) is 5.41 Å². The zero-order chi connectivity index (χ0) is 10.2. The van der Waals surface area contributed by atoms with Crippen LogP contribution in [0.5, 0.6) is 0 Å². The Balaban J connectivity index is 1.84. The molecule has 1 aliphatic rings. The summed E-state index contributed by atoms with van der Waals surface area (Å²) in [5.41, 5.74) is 1.60. The van der Waals surface area contributed by atoms with Crippen molar-refractivity contribution >= 4 is 15.9 Å². The second kappa shape index (κ2) is 3.63. The van der Waals surface area contributed by atoms with Crippen LogP contribution in [0.2, 0.25) is 0 Å². The first-order chi connectivity index (χ1) is 6.58. The van der Waals surface area contributed by atoms with E-state index in [9.17, 15) is 0 Å². The molecule has 0 spiro atoms. The standard InChI is InChI=1S/C11H15BrN2/c1-11(2)5-10(11)14-7-9-4-3-8(12)6-13-9/h3-4,6,10,14H,5,7H2,1-2H3.